The van der Waals surface area contributed by atoms with Crippen LogP contribution in [-0.4, -0.2) is 56.2 Å². The molecule has 4 rings (SSSR count). The van der Waals surface area contributed by atoms with Gasteiger partial charge in [-0.15, -0.1) is 0 Å². The predicted molar refractivity (Wildman–Crippen MR) is 108 cm³/mol. The Labute approximate surface area is 169 Å². The van der Waals surface area contributed by atoms with E-state index in [9.17, 15) is 17.6 Å². The monoisotopic (exact) mass is 416 g/mol. The maximum absolute atomic E-state index is 14.0. The second kappa shape index (κ2) is 7.70. The minimum absolute atomic E-state index is 0.0420. The lowest BCUT2D eigenvalue weighted by molar-refractivity contribution is -0.895. The summed E-state index contributed by atoms with van der Waals surface area (Å²) in [6, 6.07) is 13.1. The number of piperazine rings is 1. The molecule has 0 spiro atoms. The Kier molecular flexibility index (Phi) is 5.24. The molecule has 0 aliphatic carbocycles. The normalized spacial score (nSPS) is 16.3. The number of benzene rings is 2. The van der Waals surface area contributed by atoms with Gasteiger partial charge in [0.05, 0.1) is 31.7 Å². The van der Waals surface area contributed by atoms with Crippen LogP contribution in [0.5, 0.6) is 0 Å². The molecular formula is C21H23FN3O3S+. The predicted octanol–water partition coefficient (Wildman–Crippen LogP) is 1.39. The summed E-state index contributed by atoms with van der Waals surface area (Å²) >= 11 is 0. The van der Waals surface area contributed by atoms with Gasteiger partial charge >= 0.3 is 0 Å². The van der Waals surface area contributed by atoms with Crippen molar-refractivity contribution in [2.75, 3.05) is 32.7 Å². The van der Waals surface area contributed by atoms with Crippen LogP contribution in [0, 0.1) is 12.7 Å². The largest absolute Gasteiger partial charge is 0.358 e. The fourth-order valence-corrected chi connectivity index (χ4v) is 5.47. The topological polar surface area (TPSA) is 74.7 Å². The first-order valence-electron chi connectivity index (χ1n) is 9.56. The first-order valence-corrected chi connectivity index (χ1v) is 11.0. The first-order chi connectivity index (χ1) is 13.9. The van der Waals surface area contributed by atoms with E-state index in [2.05, 4.69) is 4.98 Å². The highest BCUT2D eigenvalue weighted by atomic mass is 32.2. The van der Waals surface area contributed by atoms with Crippen molar-refractivity contribution in [1.29, 1.82) is 0 Å². The van der Waals surface area contributed by atoms with Gasteiger partial charge in [0.2, 0.25) is 15.8 Å². The third-order valence-corrected chi connectivity index (χ3v) is 7.40. The number of ketones is 1. The van der Waals surface area contributed by atoms with Crippen LogP contribution in [-0.2, 0) is 10.0 Å². The van der Waals surface area contributed by atoms with E-state index < -0.39 is 15.8 Å². The maximum atomic E-state index is 14.0. The number of sulfonamides is 1. The standard InChI is InChI=1S/C21H22FN3O3S/c1-15-21(16-6-2-4-8-18(16)23-15)19(26)14-24-10-12-25(13-11-24)29(27,28)20-9-5-3-7-17(20)22/h2-9,23H,10-14H2,1H3/p+1. The number of para-hydroxylation sites is 1. The Balaban J connectivity index is 1.44. The molecule has 1 saturated heterocycles. The summed E-state index contributed by atoms with van der Waals surface area (Å²) in [5.41, 5.74) is 2.48. The Morgan fingerprint density at radius 2 is 1.76 bits per heavy atom. The van der Waals surface area contributed by atoms with Crippen molar-refractivity contribution in [2.45, 2.75) is 11.8 Å². The minimum atomic E-state index is -3.87. The number of aryl methyl sites for hydroxylation is 1. The molecule has 0 unspecified atom stereocenters. The highest BCUT2D eigenvalue weighted by Crippen LogP contribution is 2.22. The summed E-state index contributed by atoms with van der Waals surface area (Å²) in [4.78, 5) is 16.9. The van der Waals surface area contributed by atoms with Gasteiger partial charge < -0.3 is 9.88 Å². The maximum Gasteiger partial charge on any atom is 0.246 e. The van der Waals surface area contributed by atoms with E-state index >= 15 is 0 Å². The van der Waals surface area contributed by atoms with Crippen molar-refractivity contribution in [3.63, 3.8) is 0 Å². The van der Waals surface area contributed by atoms with Crippen molar-refractivity contribution < 1.29 is 22.5 Å². The number of fused-ring (bicyclic) bond motifs is 1. The first kappa shape index (κ1) is 19.8. The molecule has 8 heteroatoms. The molecule has 0 bridgehead atoms. The summed E-state index contributed by atoms with van der Waals surface area (Å²) in [7, 11) is -3.87. The summed E-state index contributed by atoms with van der Waals surface area (Å²) < 4.78 is 40.7. The van der Waals surface area contributed by atoms with Crippen molar-refractivity contribution in [3.8, 4) is 0 Å². The molecule has 3 aromatic rings. The van der Waals surface area contributed by atoms with Crippen molar-refractivity contribution in [3.05, 3.63) is 65.6 Å². The zero-order chi connectivity index (χ0) is 20.6. The number of aromatic nitrogens is 1. The van der Waals surface area contributed by atoms with Crippen molar-refractivity contribution in [1.82, 2.24) is 9.29 Å². The number of Topliss-reactive ketones (excluding diaryl/α,β-unsaturated/α-hetero) is 1. The van der Waals surface area contributed by atoms with Gasteiger partial charge in [-0.1, -0.05) is 30.3 Å². The molecule has 2 heterocycles. The van der Waals surface area contributed by atoms with Crippen LogP contribution in [0.2, 0.25) is 0 Å². The molecule has 152 valence electrons. The number of carbonyl (C=O) groups excluding carboxylic acids is 1. The molecule has 0 amide bonds. The molecule has 6 nitrogen and oxygen atoms in total. The number of hydrogen-bond donors (Lipinski definition) is 2. The second-order valence-corrected chi connectivity index (χ2v) is 9.26. The van der Waals surface area contributed by atoms with Crippen LogP contribution in [0.3, 0.4) is 0 Å². The lowest BCUT2D eigenvalue weighted by Gasteiger charge is -2.31. The second-order valence-electron chi connectivity index (χ2n) is 7.36. The van der Waals surface area contributed by atoms with Crippen LogP contribution in [0.25, 0.3) is 10.9 Å². The SMILES string of the molecule is Cc1[nH]c2ccccc2c1C(=O)C[NH+]1CCN(S(=O)(=O)c2ccccc2F)CC1. The molecule has 1 aromatic heterocycles. The molecule has 0 radical (unpaired) electrons. The van der Waals surface area contributed by atoms with Gasteiger partial charge in [0.15, 0.2) is 0 Å². The lowest BCUT2D eigenvalue weighted by Crippen LogP contribution is -3.15. The van der Waals surface area contributed by atoms with Gasteiger partial charge in [0.25, 0.3) is 0 Å². The van der Waals surface area contributed by atoms with Crippen LogP contribution in [0.4, 0.5) is 4.39 Å². The van der Waals surface area contributed by atoms with E-state index in [1.54, 1.807) is 0 Å². The quantitative estimate of drug-likeness (QED) is 0.618. The fraction of sp³-hybridized carbons (Fsp3) is 0.286. The average molecular weight is 416 g/mol. The van der Waals surface area contributed by atoms with Crippen LogP contribution in [0.15, 0.2) is 53.4 Å². The minimum Gasteiger partial charge on any atom is -0.358 e. The third-order valence-electron chi connectivity index (χ3n) is 5.47. The Bertz CT molecular complexity index is 1160. The molecule has 0 atom stereocenters. The highest BCUT2D eigenvalue weighted by Gasteiger charge is 2.33. The lowest BCUT2D eigenvalue weighted by atomic mass is 10.1. The van der Waals surface area contributed by atoms with Gasteiger partial charge in [-0.2, -0.15) is 4.31 Å². The molecule has 1 fully saturated rings. The van der Waals surface area contributed by atoms with Crippen LogP contribution >= 0.6 is 0 Å². The van der Waals surface area contributed by atoms with Gasteiger partial charge in [-0.25, -0.2) is 12.8 Å². The molecule has 1 aliphatic rings. The number of H-pyrrole nitrogens is 1. The number of nitrogens with one attached hydrogen (secondary N) is 2. The third kappa shape index (κ3) is 3.71. The summed E-state index contributed by atoms with van der Waals surface area (Å²) in [6.45, 7) is 3.71. The molecule has 0 saturated carbocycles. The Morgan fingerprint density at radius 3 is 2.48 bits per heavy atom. The number of halogens is 1. The Morgan fingerprint density at radius 1 is 1.10 bits per heavy atom. The van der Waals surface area contributed by atoms with Crippen LogP contribution in [0.1, 0.15) is 16.1 Å². The number of quaternary nitrogens is 1. The fourth-order valence-electron chi connectivity index (χ4n) is 3.96. The molecule has 1 aliphatic heterocycles. The summed E-state index contributed by atoms with van der Waals surface area (Å²) in [5.74, 6) is -0.701. The number of nitrogens with zero attached hydrogens (tertiary/aromatic N) is 1. The molecular weight excluding hydrogens is 393 g/mol. The van der Waals surface area contributed by atoms with E-state index in [1.807, 2.05) is 31.2 Å². The van der Waals surface area contributed by atoms with Gasteiger partial charge in [0, 0.05) is 16.6 Å². The summed E-state index contributed by atoms with van der Waals surface area (Å²) in [6.07, 6.45) is 0. The van der Waals surface area contributed by atoms with Crippen LogP contribution < -0.4 is 4.90 Å². The highest BCUT2D eigenvalue weighted by molar-refractivity contribution is 7.89. The van der Waals surface area contributed by atoms with E-state index in [4.69, 9.17) is 0 Å². The molecule has 29 heavy (non-hydrogen) atoms. The van der Waals surface area contributed by atoms with E-state index in [-0.39, 0.29) is 23.8 Å². The van der Waals surface area contributed by atoms with Gasteiger partial charge in [0.1, 0.15) is 17.3 Å². The van der Waals surface area contributed by atoms with Gasteiger partial charge in [-0.05, 0) is 25.1 Å². The zero-order valence-corrected chi connectivity index (χ0v) is 16.9. The molecule has 2 N–H and O–H groups in total. The average Bonchev–Trinajstić information content (AvgIpc) is 3.04. The van der Waals surface area contributed by atoms with Crippen molar-refractivity contribution >= 4 is 26.7 Å². The number of hydrogen-bond acceptors (Lipinski definition) is 3. The number of carbonyl (C=O) groups is 1. The number of aromatic amines is 1. The Hall–Kier alpha value is -2.55. The smallest absolute Gasteiger partial charge is 0.246 e. The summed E-state index contributed by atoms with van der Waals surface area (Å²) in [5, 5.41) is 0.912. The van der Waals surface area contributed by atoms with E-state index in [1.165, 1.54) is 22.5 Å². The molecule has 2 aromatic carbocycles. The number of rotatable bonds is 5. The van der Waals surface area contributed by atoms with Gasteiger partial charge in [-0.3, -0.25) is 4.79 Å². The van der Waals surface area contributed by atoms with E-state index in [0.29, 0.717) is 25.2 Å². The van der Waals surface area contributed by atoms with E-state index in [0.717, 1.165) is 27.6 Å². The van der Waals surface area contributed by atoms with Crippen molar-refractivity contribution in [2.24, 2.45) is 0 Å². The zero-order valence-electron chi connectivity index (χ0n) is 16.1.